The van der Waals surface area contributed by atoms with E-state index in [-0.39, 0.29) is 0 Å². The number of halogens is 1. The number of rotatable bonds is 7. The van der Waals surface area contributed by atoms with Crippen LogP contribution in [0.25, 0.3) is 11.4 Å². The zero-order valence-corrected chi connectivity index (χ0v) is 14.4. The minimum atomic E-state index is 0.359. The van der Waals surface area contributed by atoms with Crippen molar-refractivity contribution in [2.75, 3.05) is 6.54 Å². The lowest BCUT2D eigenvalue weighted by molar-refractivity contribution is 0.326. The number of nitrogens with zero attached hydrogens (tertiary/aromatic N) is 2. The summed E-state index contributed by atoms with van der Waals surface area (Å²) in [6.45, 7) is 7.59. The number of benzene rings is 1. The van der Waals surface area contributed by atoms with Crippen molar-refractivity contribution < 1.29 is 4.52 Å². The van der Waals surface area contributed by atoms with E-state index in [2.05, 4.69) is 52.2 Å². The van der Waals surface area contributed by atoms with E-state index in [1.165, 1.54) is 0 Å². The molecule has 0 radical (unpaired) electrons. The molecule has 1 aromatic heterocycles. The zero-order valence-electron chi connectivity index (χ0n) is 12.8. The Bertz CT molecular complexity index is 568. The molecular formula is C16H22BrN3O. The van der Waals surface area contributed by atoms with Gasteiger partial charge in [0.15, 0.2) is 0 Å². The molecule has 2 rings (SSSR count). The molecular weight excluding hydrogens is 330 g/mol. The lowest BCUT2D eigenvalue weighted by Crippen LogP contribution is -2.36. The maximum Gasteiger partial charge on any atom is 0.228 e. The van der Waals surface area contributed by atoms with Crippen LogP contribution < -0.4 is 5.32 Å². The van der Waals surface area contributed by atoms with Gasteiger partial charge in [-0.1, -0.05) is 54.0 Å². The Balaban J connectivity index is 2.10. The average molecular weight is 352 g/mol. The van der Waals surface area contributed by atoms with E-state index >= 15 is 0 Å². The van der Waals surface area contributed by atoms with Gasteiger partial charge in [0.25, 0.3) is 0 Å². The van der Waals surface area contributed by atoms with Crippen LogP contribution in [0.3, 0.4) is 0 Å². The number of aromatic nitrogens is 2. The Morgan fingerprint density at radius 2 is 2.05 bits per heavy atom. The maximum absolute atomic E-state index is 5.41. The molecule has 0 aliphatic carbocycles. The van der Waals surface area contributed by atoms with E-state index in [0.717, 1.165) is 29.4 Å². The first kappa shape index (κ1) is 16.2. The molecule has 0 fully saturated rings. The second kappa shape index (κ2) is 7.71. The highest BCUT2D eigenvalue weighted by molar-refractivity contribution is 9.10. The summed E-state index contributed by atoms with van der Waals surface area (Å²) >= 11 is 3.52. The van der Waals surface area contributed by atoms with Gasteiger partial charge in [0.05, 0.1) is 0 Å². The third kappa shape index (κ3) is 4.38. The van der Waals surface area contributed by atoms with Gasteiger partial charge in [-0.25, -0.2) is 0 Å². The van der Waals surface area contributed by atoms with Gasteiger partial charge >= 0.3 is 0 Å². The van der Waals surface area contributed by atoms with Crippen molar-refractivity contribution in [1.82, 2.24) is 15.5 Å². The quantitative estimate of drug-likeness (QED) is 0.816. The second-order valence-corrected chi connectivity index (χ2v) is 6.35. The van der Waals surface area contributed by atoms with Crippen LogP contribution in [0.1, 0.15) is 33.1 Å². The van der Waals surface area contributed by atoms with Crippen LogP contribution >= 0.6 is 15.9 Å². The molecule has 0 aliphatic heterocycles. The fraction of sp³-hybridized carbons (Fsp3) is 0.500. The summed E-state index contributed by atoms with van der Waals surface area (Å²) in [5, 5.41) is 7.64. The summed E-state index contributed by atoms with van der Waals surface area (Å²) < 4.78 is 6.39. The van der Waals surface area contributed by atoms with Gasteiger partial charge < -0.3 is 9.84 Å². The molecule has 1 unspecified atom stereocenters. The predicted molar refractivity (Wildman–Crippen MR) is 88.1 cm³/mol. The van der Waals surface area contributed by atoms with Crippen LogP contribution in [0.2, 0.25) is 0 Å². The largest absolute Gasteiger partial charge is 0.339 e. The van der Waals surface area contributed by atoms with Crippen molar-refractivity contribution in [3.8, 4) is 11.4 Å². The highest BCUT2D eigenvalue weighted by atomic mass is 79.9. The Morgan fingerprint density at radius 3 is 2.71 bits per heavy atom. The zero-order chi connectivity index (χ0) is 15.2. The molecule has 4 nitrogen and oxygen atoms in total. The van der Waals surface area contributed by atoms with E-state index in [0.29, 0.717) is 23.7 Å². The van der Waals surface area contributed by atoms with Crippen molar-refractivity contribution in [3.63, 3.8) is 0 Å². The van der Waals surface area contributed by atoms with E-state index < -0.39 is 0 Å². The molecule has 0 amide bonds. The predicted octanol–water partition coefficient (Wildman–Crippen LogP) is 4.07. The molecule has 21 heavy (non-hydrogen) atoms. The summed E-state index contributed by atoms with van der Waals surface area (Å²) in [7, 11) is 0. The molecule has 0 bridgehead atoms. The van der Waals surface area contributed by atoms with Crippen molar-refractivity contribution >= 4 is 15.9 Å². The van der Waals surface area contributed by atoms with Gasteiger partial charge in [0.1, 0.15) is 0 Å². The highest BCUT2D eigenvalue weighted by Crippen LogP contribution is 2.25. The van der Waals surface area contributed by atoms with Crippen LogP contribution in [-0.4, -0.2) is 22.7 Å². The topological polar surface area (TPSA) is 51.0 Å². The van der Waals surface area contributed by atoms with Crippen LogP contribution in [-0.2, 0) is 6.42 Å². The molecule has 0 saturated heterocycles. The van der Waals surface area contributed by atoms with E-state index in [1.54, 1.807) is 0 Å². The molecule has 2 aromatic rings. The average Bonchev–Trinajstić information content (AvgIpc) is 2.92. The molecule has 1 aromatic carbocycles. The van der Waals surface area contributed by atoms with Gasteiger partial charge in [-0.15, -0.1) is 0 Å². The number of hydrogen-bond donors (Lipinski definition) is 1. The van der Waals surface area contributed by atoms with Crippen LogP contribution in [0.15, 0.2) is 33.3 Å². The van der Waals surface area contributed by atoms with Crippen LogP contribution in [0.4, 0.5) is 0 Å². The first-order valence-corrected chi connectivity index (χ1v) is 8.22. The first-order valence-electron chi connectivity index (χ1n) is 7.42. The molecule has 1 heterocycles. The standard InChI is InChI=1S/C16H22BrN3O/c1-4-9-18-14(11(2)3)10-15-19-16(20-21-15)12-7-5-6-8-13(12)17/h5-8,11,14,18H,4,9-10H2,1-3H3. The van der Waals surface area contributed by atoms with Gasteiger partial charge in [0.2, 0.25) is 11.7 Å². The number of nitrogens with one attached hydrogen (secondary N) is 1. The van der Waals surface area contributed by atoms with Crippen molar-refractivity contribution in [3.05, 3.63) is 34.6 Å². The van der Waals surface area contributed by atoms with Crippen molar-refractivity contribution in [2.24, 2.45) is 5.92 Å². The van der Waals surface area contributed by atoms with E-state index in [4.69, 9.17) is 4.52 Å². The second-order valence-electron chi connectivity index (χ2n) is 5.50. The smallest absolute Gasteiger partial charge is 0.228 e. The molecule has 5 heteroatoms. The fourth-order valence-electron chi connectivity index (χ4n) is 2.15. The van der Waals surface area contributed by atoms with E-state index in [1.807, 2.05) is 24.3 Å². The van der Waals surface area contributed by atoms with Gasteiger partial charge in [-0.3, -0.25) is 0 Å². The monoisotopic (exact) mass is 351 g/mol. The van der Waals surface area contributed by atoms with Gasteiger partial charge in [-0.2, -0.15) is 4.98 Å². The number of hydrogen-bond acceptors (Lipinski definition) is 4. The summed E-state index contributed by atoms with van der Waals surface area (Å²) in [5.74, 6) is 1.84. The summed E-state index contributed by atoms with van der Waals surface area (Å²) in [5.41, 5.74) is 0.954. The Morgan fingerprint density at radius 1 is 1.29 bits per heavy atom. The third-order valence-electron chi connectivity index (χ3n) is 3.44. The third-order valence-corrected chi connectivity index (χ3v) is 4.13. The Labute approximate surface area is 134 Å². The molecule has 0 aliphatic rings. The Hall–Kier alpha value is -1.20. The molecule has 0 spiro atoms. The summed E-state index contributed by atoms with van der Waals surface area (Å²) in [6, 6.07) is 8.25. The lowest BCUT2D eigenvalue weighted by atomic mass is 10.0. The minimum Gasteiger partial charge on any atom is -0.339 e. The molecule has 1 N–H and O–H groups in total. The SMILES string of the molecule is CCCNC(Cc1nc(-c2ccccc2Br)no1)C(C)C. The molecule has 114 valence electrons. The fourth-order valence-corrected chi connectivity index (χ4v) is 2.61. The summed E-state index contributed by atoms with van der Waals surface area (Å²) in [4.78, 5) is 4.52. The van der Waals surface area contributed by atoms with Crippen LogP contribution in [0, 0.1) is 5.92 Å². The molecule has 1 atom stereocenters. The van der Waals surface area contributed by atoms with Crippen molar-refractivity contribution in [1.29, 1.82) is 0 Å². The van der Waals surface area contributed by atoms with Crippen LogP contribution in [0.5, 0.6) is 0 Å². The lowest BCUT2D eigenvalue weighted by Gasteiger charge is -2.20. The maximum atomic E-state index is 5.41. The van der Waals surface area contributed by atoms with Gasteiger partial charge in [-0.05, 0) is 31.0 Å². The van der Waals surface area contributed by atoms with Gasteiger partial charge in [0, 0.05) is 22.5 Å². The van der Waals surface area contributed by atoms with Crippen molar-refractivity contribution in [2.45, 2.75) is 39.7 Å². The normalized spacial score (nSPS) is 12.8. The minimum absolute atomic E-state index is 0.359. The summed E-state index contributed by atoms with van der Waals surface area (Å²) in [6.07, 6.45) is 1.88. The highest BCUT2D eigenvalue weighted by Gasteiger charge is 2.18. The Kier molecular flexibility index (Phi) is 5.94. The molecule has 0 saturated carbocycles. The first-order chi connectivity index (χ1) is 10.1. The van der Waals surface area contributed by atoms with E-state index in [9.17, 15) is 0 Å².